The molecule has 0 bridgehead atoms. The number of rotatable bonds is 36. The standard InChI is InChI=1S/C29H41N5O3.C26H34ClN5O3.C20H31N5O/c1-8-9-13-29(5,14-12-20(4)35)34-27-26-24(15-22(18-30-26)19(2)3)32-28(33-27)31-17-21-10-11-23(36-6)16-25(21)37-7;1-6-7-11-26(3,12-10-17(2)33)32-24-23-21(13-19(27)16-28-23)30-25(31-24)29-15-18-8-9-20(34-4)14-22(18)35-5;1-6-7-9-20(5,10-8-14(4)26)25-18-17-16(23-19(21)24-18)11-15(12-22-17)13(2)3/h10-11,15-16,18-19H,8-9,12-14,17H2,1-7H3,(H2,31,32,33,34);8-9,13-14,16H,6-7,10-12,15H2,1-5H3,(H2,29,30,31,32);11-13H,6-10H2,1-5H3,(H3,21,23,24,25)/t29-;26-;20-/m111/s1. The van der Waals surface area contributed by atoms with Crippen molar-refractivity contribution < 1.29 is 33.3 Å². The lowest BCUT2D eigenvalue weighted by Gasteiger charge is -2.32. The van der Waals surface area contributed by atoms with Crippen LogP contribution in [0.25, 0.3) is 33.1 Å². The van der Waals surface area contributed by atoms with Crippen LogP contribution >= 0.6 is 11.6 Å². The molecule has 0 aliphatic rings. The SMILES string of the molecule is CCCC[C@](C)(CCC(C)=O)Nc1nc(N)nc2cc(C(C)C)cnc12.CCCC[C@](C)(CCC(C)=O)Nc1nc(NCc2ccc(OC)cc2OC)nc2cc(C(C)C)cnc12.CCCC[C@](C)(CCC(C)=O)Nc1nc(NCc2ccc(OC)cc2OC)nc2cc(Cl)cnc12. The first kappa shape index (κ1) is 78.2. The quantitative estimate of drug-likeness (QED) is 0.0213. The fraction of sp³-hybridized carbons (Fsp3) is 0.520. The van der Waals surface area contributed by atoms with Crippen molar-refractivity contribution >= 4 is 97.3 Å². The number of hydrogen-bond donors (Lipinski definition) is 6. The molecule has 0 amide bonds. The first-order valence-corrected chi connectivity index (χ1v) is 34.7. The number of ketones is 3. The Morgan fingerprint density at radius 1 is 0.480 bits per heavy atom. The zero-order valence-corrected chi connectivity index (χ0v) is 61.7. The Morgan fingerprint density at radius 3 is 1.18 bits per heavy atom. The molecule has 8 rings (SSSR count). The summed E-state index contributed by atoms with van der Waals surface area (Å²) in [5, 5.41) is 18.0. The van der Waals surface area contributed by atoms with E-state index in [1.54, 1.807) is 61.5 Å². The van der Waals surface area contributed by atoms with Crippen LogP contribution in [0.1, 0.15) is 220 Å². The third-order valence-corrected chi connectivity index (χ3v) is 17.6. The van der Waals surface area contributed by atoms with Gasteiger partial charge in [-0.3, -0.25) is 9.97 Å². The van der Waals surface area contributed by atoms with Gasteiger partial charge in [-0.05, 0) is 145 Å². The zero-order chi connectivity index (χ0) is 71.7. The van der Waals surface area contributed by atoms with E-state index >= 15 is 0 Å². The van der Waals surface area contributed by atoms with Gasteiger partial charge in [0.15, 0.2) is 17.5 Å². The Bertz CT molecular complexity index is 3950. The van der Waals surface area contributed by atoms with Crippen LogP contribution < -0.4 is 51.3 Å². The van der Waals surface area contributed by atoms with E-state index in [9.17, 15) is 14.4 Å². The fourth-order valence-electron chi connectivity index (χ4n) is 11.1. The summed E-state index contributed by atoms with van der Waals surface area (Å²) in [6, 6.07) is 17.3. The monoisotopic (exact) mass is 1360 g/mol. The van der Waals surface area contributed by atoms with Crippen molar-refractivity contribution in [2.45, 2.75) is 228 Å². The first-order chi connectivity index (χ1) is 46.7. The molecule has 0 fully saturated rings. The maximum Gasteiger partial charge on any atom is 0.225 e. The number of nitrogens with two attached hydrogens (primary N) is 1. The second kappa shape index (κ2) is 37.2. The highest BCUT2D eigenvalue weighted by molar-refractivity contribution is 6.31. The van der Waals surface area contributed by atoms with Gasteiger partial charge in [-0.25, -0.2) is 19.9 Å². The molecule has 7 N–H and O–H groups in total. The normalized spacial score (nSPS) is 13.1. The molecular formula is C75H106ClN15O7. The van der Waals surface area contributed by atoms with Crippen LogP contribution in [0.2, 0.25) is 5.02 Å². The highest BCUT2D eigenvalue weighted by Crippen LogP contribution is 2.35. The summed E-state index contributed by atoms with van der Waals surface area (Å²) in [5.41, 5.74) is 13.4. The third-order valence-electron chi connectivity index (χ3n) is 17.4. The van der Waals surface area contributed by atoms with Gasteiger partial charge in [-0.15, -0.1) is 0 Å². The molecule has 0 spiro atoms. The van der Waals surface area contributed by atoms with E-state index in [2.05, 4.69) is 127 Å². The number of methoxy groups -OCH3 is 4. The summed E-state index contributed by atoms with van der Waals surface area (Å²) in [5.74, 6) is 7.22. The maximum atomic E-state index is 11.8. The number of benzene rings is 2. The molecule has 23 heteroatoms. The van der Waals surface area contributed by atoms with Gasteiger partial charge < -0.3 is 65.6 Å². The molecule has 98 heavy (non-hydrogen) atoms. The van der Waals surface area contributed by atoms with Crippen molar-refractivity contribution in [3.8, 4) is 23.0 Å². The number of aromatic nitrogens is 9. The number of anilines is 6. The van der Waals surface area contributed by atoms with Gasteiger partial charge in [0.2, 0.25) is 17.8 Å². The predicted octanol–water partition coefficient (Wildman–Crippen LogP) is 17.0. The number of ether oxygens (including phenoxy) is 4. The molecule has 0 saturated heterocycles. The van der Waals surface area contributed by atoms with E-state index in [4.69, 9.17) is 56.2 Å². The summed E-state index contributed by atoms with van der Waals surface area (Å²) < 4.78 is 21.7. The van der Waals surface area contributed by atoms with E-state index in [0.717, 1.165) is 127 Å². The number of carbonyl (C=O) groups excluding carboxylic acids is 3. The van der Waals surface area contributed by atoms with Crippen molar-refractivity contribution in [1.29, 1.82) is 0 Å². The number of hydrogen-bond acceptors (Lipinski definition) is 22. The van der Waals surface area contributed by atoms with Crippen LogP contribution in [0.3, 0.4) is 0 Å². The molecular weight excluding hydrogens is 1260 g/mol. The average Bonchev–Trinajstić information content (AvgIpc) is 0.805. The van der Waals surface area contributed by atoms with Crippen molar-refractivity contribution in [1.82, 2.24) is 44.9 Å². The number of halogens is 1. The largest absolute Gasteiger partial charge is 0.497 e. The van der Waals surface area contributed by atoms with Crippen LogP contribution in [0, 0.1) is 0 Å². The molecule has 0 saturated carbocycles. The fourth-order valence-corrected chi connectivity index (χ4v) is 11.3. The van der Waals surface area contributed by atoms with Crippen molar-refractivity contribution in [3.05, 3.63) is 100 Å². The first-order valence-electron chi connectivity index (χ1n) is 34.3. The minimum Gasteiger partial charge on any atom is -0.497 e. The maximum absolute atomic E-state index is 11.8. The number of nitrogens with zero attached hydrogens (tertiary/aromatic N) is 9. The third kappa shape index (κ3) is 23.5. The Labute approximate surface area is 584 Å². The zero-order valence-electron chi connectivity index (χ0n) is 60.9. The Morgan fingerprint density at radius 2 is 0.837 bits per heavy atom. The van der Waals surface area contributed by atoms with Crippen molar-refractivity contribution in [3.63, 3.8) is 0 Å². The van der Waals surface area contributed by atoms with E-state index in [1.807, 2.05) is 54.9 Å². The molecule has 0 radical (unpaired) electrons. The lowest BCUT2D eigenvalue weighted by Crippen LogP contribution is -2.36. The Kier molecular flexibility index (Phi) is 29.7. The molecule has 0 unspecified atom stereocenters. The number of carbonyl (C=O) groups is 3. The van der Waals surface area contributed by atoms with Crippen LogP contribution in [0.5, 0.6) is 23.0 Å². The highest BCUT2D eigenvalue weighted by Gasteiger charge is 2.30. The molecule has 530 valence electrons. The van der Waals surface area contributed by atoms with Gasteiger partial charge in [0.05, 0.1) is 50.0 Å². The number of fused-ring (bicyclic) bond motifs is 3. The second-order valence-corrected chi connectivity index (χ2v) is 27.3. The molecule has 0 aliphatic carbocycles. The lowest BCUT2D eigenvalue weighted by molar-refractivity contribution is -0.118. The topological polar surface area (TPSA) is 290 Å². The summed E-state index contributed by atoms with van der Waals surface area (Å²) in [7, 11) is 6.52. The summed E-state index contributed by atoms with van der Waals surface area (Å²) in [6.45, 7) is 27.3. The summed E-state index contributed by atoms with van der Waals surface area (Å²) in [4.78, 5) is 76.7. The Hall–Kier alpha value is -8.79. The Balaban J connectivity index is 0.000000236. The second-order valence-electron chi connectivity index (χ2n) is 26.9. The number of unbranched alkanes of at least 4 members (excludes halogenated alkanes) is 3. The molecule has 6 aromatic heterocycles. The number of Topliss-reactive ketones (excluding diaryl/α,β-unsaturated/α-hetero) is 3. The van der Waals surface area contributed by atoms with Gasteiger partial charge in [-0.1, -0.05) is 98.6 Å². The molecule has 6 heterocycles. The van der Waals surface area contributed by atoms with Gasteiger partial charge in [0, 0.05) is 90.8 Å². The minimum atomic E-state index is -0.319. The van der Waals surface area contributed by atoms with Gasteiger partial charge in [0.1, 0.15) is 56.9 Å². The number of nitrogen functional groups attached to an aromatic ring is 1. The van der Waals surface area contributed by atoms with Crippen molar-refractivity contribution in [2.75, 3.05) is 60.8 Å². The van der Waals surface area contributed by atoms with Gasteiger partial charge in [0.25, 0.3) is 0 Å². The average molecular weight is 1370 g/mol. The molecule has 3 atom stereocenters. The van der Waals surface area contributed by atoms with Crippen LogP contribution in [0.15, 0.2) is 73.2 Å². The molecule has 22 nitrogen and oxygen atoms in total. The smallest absolute Gasteiger partial charge is 0.225 e. The van der Waals surface area contributed by atoms with E-state index in [0.29, 0.717) is 107 Å². The molecule has 8 aromatic rings. The number of pyridine rings is 3. The summed E-state index contributed by atoms with van der Waals surface area (Å²) >= 11 is 6.22. The molecule has 2 aromatic carbocycles. The van der Waals surface area contributed by atoms with E-state index in [1.165, 1.54) is 0 Å². The van der Waals surface area contributed by atoms with Crippen LogP contribution in [-0.2, 0) is 27.5 Å². The van der Waals surface area contributed by atoms with E-state index < -0.39 is 0 Å². The van der Waals surface area contributed by atoms with Crippen LogP contribution in [0.4, 0.5) is 35.3 Å². The van der Waals surface area contributed by atoms with Gasteiger partial charge in [-0.2, -0.15) is 15.0 Å². The summed E-state index contributed by atoms with van der Waals surface area (Å²) in [6.07, 6.45) is 18.3. The highest BCUT2D eigenvalue weighted by atomic mass is 35.5. The van der Waals surface area contributed by atoms with Gasteiger partial charge >= 0.3 is 0 Å². The van der Waals surface area contributed by atoms with E-state index in [-0.39, 0.29) is 39.9 Å². The lowest BCUT2D eigenvalue weighted by atomic mass is 9.89. The molecule has 0 aliphatic heterocycles. The number of nitrogens with one attached hydrogen (secondary N) is 5. The minimum absolute atomic E-state index is 0.169. The van der Waals surface area contributed by atoms with Crippen LogP contribution in [-0.4, -0.2) is 107 Å². The van der Waals surface area contributed by atoms with Crippen molar-refractivity contribution in [2.24, 2.45) is 0 Å². The predicted molar refractivity (Wildman–Crippen MR) is 398 cm³/mol.